The Hall–Kier alpha value is -5.14. The van der Waals surface area contributed by atoms with E-state index in [4.69, 9.17) is 23.7 Å². The van der Waals surface area contributed by atoms with Crippen molar-refractivity contribution in [2.24, 2.45) is 0 Å². The summed E-state index contributed by atoms with van der Waals surface area (Å²) in [5, 5.41) is 0. The molecule has 0 amide bonds. The molecular weight excluding hydrogens is 652 g/mol. The van der Waals surface area contributed by atoms with Crippen molar-refractivity contribution in [3.63, 3.8) is 0 Å². The van der Waals surface area contributed by atoms with Crippen molar-refractivity contribution in [1.82, 2.24) is 0 Å². The fourth-order valence-corrected chi connectivity index (χ4v) is 5.33. The average Bonchev–Trinajstić information content (AvgIpc) is 3.19. The fraction of sp³-hybridized carbons (Fsp3) is 0.333. The second-order valence-electron chi connectivity index (χ2n) is 12.5. The third kappa shape index (κ3) is 15.0. The molecule has 52 heavy (non-hydrogen) atoms. The predicted octanol–water partition coefficient (Wildman–Crippen LogP) is 10.6. The van der Waals surface area contributed by atoms with Gasteiger partial charge in [-0.05, 0) is 90.8 Å². The van der Waals surface area contributed by atoms with Crippen molar-refractivity contribution in [3.05, 3.63) is 144 Å². The van der Waals surface area contributed by atoms with Gasteiger partial charge in [-0.1, -0.05) is 112 Å². The lowest BCUT2D eigenvalue weighted by molar-refractivity contribution is -0.137. The van der Waals surface area contributed by atoms with Crippen LogP contribution in [-0.4, -0.2) is 38.4 Å². The Morgan fingerprint density at radius 1 is 0.654 bits per heavy atom. The number of hydrogen-bond donors (Lipinski definition) is 0. The first-order valence-electron chi connectivity index (χ1n) is 18.4. The molecule has 0 aliphatic rings. The Morgan fingerprint density at radius 2 is 1.21 bits per heavy atom. The molecule has 0 aliphatic carbocycles. The van der Waals surface area contributed by atoms with E-state index < -0.39 is 18.0 Å². The largest absolute Gasteiger partial charge is 0.494 e. The maximum absolute atomic E-state index is 13.1. The molecule has 0 saturated heterocycles. The Morgan fingerprint density at radius 3 is 1.81 bits per heavy atom. The summed E-state index contributed by atoms with van der Waals surface area (Å²) in [7, 11) is 0. The van der Waals surface area contributed by atoms with E-state index in [2.05, 4.69) is 49.9 Å². The van der Waals surface area contributed by atoms with Gasteiger partial charge in [0.05, 0.1) is 38.6 Å². The molecule has 0 radical (unpaired) electrons. The van der Waals surface area contributed by atoms with Crippen LogP contribution in [0.4, 0.5) is 0 Å². The average molecular weight is 705 g/mol. The Labute approximate surface area is 309 Å². The maximum atomic E-state index is 13.1. The van der Waals surface area contributed by atoms with E-state index in [0.29, 0.717) is 31.1 Å². The lowest BCUT2D eigenvalue weighted by Gasteiger charge is -2.19. The summed E-state index contributed by atoms with van der Waals surface area (Å²) >= 11 is 0. The molecule has 7 nitrogen and oxygen atoms in total. The summed E-state index contributed by atoms with van der Waals surface area (Å²) in [6.07, 6.45) is 13.2. The van der Waals surface area contributed by atoms with Gasteiger partial charge in [-0.25, -0.2) is 9.59 Å². The van der Waals surface area contributed by atoms with E-state index in [1.165, 1.54) is 25.3 Å². The number of benzene rings is 4. The van der Waals surface area contributed by atoms with E-state index in [1.54, 1.807) is 24.3 Å². The molecule has 0 fully saturated rings. The van der Waals surface area contributed by atoms with E-state index in [-0.39, 0.29) is 6.61 Å². The van der Waals surface area contributed by atoms with Gasteiger partial charge in [-0.2, -0.15) is 0 Å². The van der Waals surface area contributed by atoms with Crippen molar-refractivity contribution < 1.29 is 33.3 Å². The lowest BCUT2D eigenvalue weighted by Crippen LogP contribution is -2.17. The van der Waals surface area contributed by atoms with Gasteiger partial charge in [-0.15, -0.1) is 0 Å². The fourth-order valence-electron chi connectivity index (χ4n) is 5.33. The third-order valence-corrected chi connectivity index (χ3v) is 8.36. The number of unbranched alkanes of at least 4 members (excludes halogenated alkanes) is 6. The summed E-state index contributed by atoms with van der Waals surface area (Å²) in [6, 6.07) is 33.0. The predicted molar refractivity (Wildman–Crippen MR) is 207 cm³/mol. The van der Waals surface area contributed by atoms with Crippen LogP contribution >= 0.6 is 0 Å². The smallest absolute Gasteiger partial charge is 0.338 e. The minimum atomic E-state index is -0.565. The second-order valence-corrected chi connectivity index (χ2v) is 12.5. The van der Waals surface area contributed by atoms with Crippen molar-refractivity contribution in [3.8, 4) is 11.5 Å². The quantitative estimate of drug-likeness (QED) is 0.0311. The molecule has 1 unspecified atom stereocenters. The molecule has 0 heterocycles. The van der Waals surface area contributed by atoms with Crippen LogP contribution < -0.4 is 9.47 Å². The van der Waals surface area contributed by atoms with Gasteiger partial charge in [0, 0.05) is 6.08 Å². The van der Waals surface area contributed by atoms with Crippen molar-refractivity contribution in [1.29, 1.82) is 0 Å². The van der Waals surface area contributed by atoms with Gasteiger partial charge in [0.1, 0.15) is 11.5 Å². The zero-order valence-corrected chi connectivity index (χ0v) is 30.4. The Bertz CT molecular complexity index is 1630. The van der Waals surface area contributed by atoms with Gasteiger partial charge < -0.3 is 23.7 Å². The summed E-state index contributed by atoms with van der Waals surface area (Å²) in [5.41, 5.74) is 4.53. The zero-order chi connectivity index (χ0) is 36.6. The van der Waals surface area contributed by atoms with Gasteiger partial charge in [0.25, 0.3) is 0 Å². The van der Waals surface area contributed by atoms with Crippen LogP contribution in [0.1, 0.15) is 97.0 Å². The molecule has 0 aromatic heterocycles. The van der Waals surface area contributed by atoms with Crippen LogP contribution in [0.25, 0.3) is 12.2 Å². The number of ether oxygens (including phenoxy) is 5. The number of carbonyl (C=O) groups excluding carboxylic acids is 2. The van der Waals surface area contributed by atoms with Gasteiger partial charge >= 0.3 is 11.9 Å². The maximum Gasteiger partial charge on any atom is 0.338 e. The van der Waals surface area contributed by atoms with Crippen LogP contribution in [0.5, 0.6) is 11.5 Å². The molecule has 4 rings (SSSR count). The Kier molecular flexibility index (Phi) is 17.8. The van der Waals surface area contributed by atoms with Crippen molar-refractivity contribution in [2.75, 3.05) is 26.4 Å². The summed E-state index contributed by atoms with van der Waals surface area (Å²) in [5.74, 6) is 0.777. The third-order valence-electron chi connectivity index (χ3n) is 8.36. The first-order chi connectivity index (χ1) is 25.5. The summed E-state index contributed by atoms with van der Waals surface area (Å²) < 4.78 is 28.7. The first-order valence-corrected chi connectivity index (χ1v) is 18.4. The second kappa shape index (κ2) is 23.4. The lowest BCUT2D eigenvalue weighted by atomic mass is 10.1. The van der Waals surface area contributed by atoms with Crippen LogP contribution in [0, 0.1) is 0 Å². The zero-order valence-electron chi connectivity index (χ0n) is 30.4. The molecule has 0 N–H and O–H groups in total. The topological polar surface area (TPSA) is 80.3 Å². The summed E-state index contributed by atoms with van der Waals surface area (Å²) in [6.45, 7) is 7.93. The van der Waals surface area contributed by atoms with Crippen molar-refractivity contribution in [2.45, 2.75) is 71.0 Å². The molecule has 0 spiro atoms. The highest BCUT2D eigenvalue weighted by molar-refractivity contribution is 5.89. The van der Waals surface area contributed by atoms with Crippen LogP contribution in [0.2, 0.25) is 0 Å². The van der Waals surface area contributed by atoms with Gasteiger partial charge in [-0.3, -0.25) is 0 Å². The Balaban J connectivity index is 1.20. The highest BCUT2D eigenvalue weighted by atomic mass is 16.6. The van der Waals surface area contributed by atoms with Crippen LogP contribution in [-0.2, 0) is 25.6 Å². The monoisotopic (exact) mass is 704 g/mol. The highest BCUT2D eigenvalue weighted by Crippen LogP contribution is 2.22. The van der Waals surface area contributed by atoms with Crippen LogP contribution in [0.15, 0.2) is 116 Å². The van der Waals surface area contributed by atoms with E-state index in [0.717, 1.165) is 66.7 Å². The van der Waals surface area contributed by atoms with Crippen molar-refractivity contribution >= 4 is 24.1 Å². The number of hydrogen-bond acceptors (Lipinski definition) is 7. The first kappa shape index (κ1) is 39.6. The van der Waals surface area contributed by atoms with E-state index in [1.807, 2.05) is 54.6 Å². The minimum Gasteiger partial charge on any atom is -0.494 e. The molecule has 0 aliphatic heterocycles. The molecule has 4 aromatic rings. The summed E-state index contributed by atoms with van der Waals surface area (Å²) in [4.78, 5) is 24.2. The molecule has 7 heteroatoms. The van der Waals surface area contributed by atoms with E-state index >= 15 is 0 Å². The highest BCUT2D eigenvalue weighted by Gasteiger charge is 2.19. The number of carbonyl (C=O) groups is 2. The number of esters is 2. The molecule has 0 saturated carbocycles. The van der Waals surface area contributed by atoms with E-state index in [9.17, 15) is 9.59 Å². The molecule has 4 aromatic carbocycles. The SMILES string of the molecule is C=CC(=O)OCCCCCCOc1ccc(C(=O)OC(COCc2ccc(/C=C/c3ccc(OCCCCCC)cc3)cc2)c2ccccc2)cc1. The molecule has 1 atom stereocenters. The minimum absolute atomic E-state index is 0.216. The normalized spacial score (nSPS) is 11.6. The molecule has 274 valence electrons. The molecule has 0 bridgehead atoms. The van der Waals surface area contributed by atoms with Gasteiger partial charge in [0.15, 0.2) is 6.10 Å². The van der Waals surface area contributed by atoms with Crippen LogP contribution in [0.3, 0.4) is 0 Å². The van der Waals surface area contributed by atoms with Gasteiger partial charge in [0.2, 0.25) is 0 Å². The number of rotatable bonds is 24. The standard InChI is InChI=1S/C45H52O7/c1-3-5-6-12-31-49-41-27-23-37(24-28-41)18-17-36-19-21-38(22-20-36)34-48-35-43(39-15-10-9-11-16-39)52-45(47)40-25-29-42(30-26-40)50-32-13-7-8-14-33-51-44(46)4-2/h4,9-11,15-30,43H,2-3,5-8,12-14,31-35H2,1H3/b18-17+. The molecular formula is C45H52O7.